The Morgan fingerprint density at radius 2 is 1.50 bits per heavy atom. The molecule has 0 fully saturated rings. The van der Waals surface area contributed by atoms with E-state index in [1.165, 1.54) is 35.4 Å². The Labute approximate surface area is 236 Å². The number of carbonyl (C=O) groups excluding carboxylic acids is 1. The molecule has 0 heterocycles. The fraction of sp³-hybridized carbons (Fsp3) is 0.533. The van der Waals surface area contributed by atoms with Crippen molar-refractivity contribution in [1.29, 1.82) is 5.26 Å². The number of esters is 1. The first-order valence-electron chi connectivity index (χ1n) is 13.3. The Morgan fingerprint density at radius 1 is 0.950 bits per heavy atom. The molecule has 0 saturated carbocycles. The first-order chi connectivity index (χ1) is 19.1. The number of nitriles is 1. The van der Waals surface area contributed by atoms with E-state index in [4.69, 9.17) is 23.7 Å². The summed E-state index contributed by atoms with van der Waals surface area (Å²) in [5, 5.41) is 23.0. The zero-order valence-electron chi connectivity index (χ0n) is 24.4. The lowest BCUT2D eigenvalue weighted by Crippen LogP contribution is -2.41. The van der Waals surface area contributed by atoms with Crippen molar-refractivity contribution in [2.45, 2.75) is 70.4 Å². The molecule has 0 bridgehead atoms. The van der Waals surface area contributed by atoms with Gasteiger partial charge in [-0.3, -0.25) is 14.9 Å². The van der Waals surface area contributed by atoms with Crippen LogP contribution in [0.2, 0.25) is 0 Å². The number of hydrogen-bond acceptors (Lipinski definition) is 9. The number of rotatable bonds is 16. The molecule has 0 aliphatic heterocycles. The van der Waals surface area contributed by atoms with Crippen LogP contribution < -0.4 is 18.9 Å². The highest BCUT2D eigenvalue weighted by molar-refractivity contribution is 5.66. The van der Waals surface area contributed by atoms with Crippen LogP contribution in [0.3, 0.4) is 0 Å². The molecule has 0 aliphatic carbocycles. The third kappa shape index (κ3) is 7.34. The van der Waals surface area contributed by atoms with Gasteiger partial charge in [-0.15, -0.1) is 0 Å². The van der Waals surface area contributed by atoms with E-state index in [0.29, 0.717) is 41.4 Å². The lowest BCUT2D eigenvalue weighted by molar-refractivity contribution is -0.533. The smallest absolute Gasteiger partial charge is 0.303 e. The highest BCUT2D eigenvalue weighted by Gasteiger charge is 2.43. The van der Waals surface area contributed by atoms with Gasteiger partial charge in [-0.1, -0.05) is 38.8 Å². The van der Waals surface area contributed by atoms with Crippen LogP contribution >= 0.6 is 0 Å². The SMILES string of the molecule is CCC(CC)C(C#N)(CCC(OC(C)=O)C(Cc1ccc(OC)c(OC)c1)[N+](=O)[O-])c1ccc(OC)c(OC)c1. The van der Waals surface area contributed by atoms with Gasteiger partial charge in [0.1, 0.15) is 0 Å². The van der Waals surface area contributed by atoms with Gasteiger partial charge in [0.2, 0.25) is 0 Å². The third-order valence-corrected chi connectivity index (χ3v) is 7.51. The number of nitrogens with zero attached hydrogens (tertiary/aromatic N) is 2. The van der Waals surface area contributed by atoms with Crippen LogP contribution in [-0.2, 0) is 21.4 Å². The quantitative estimate of drug-likeness (QED) is 0.149. The average molecular weight is 557 g/mol. The van der Waals surface area contributed by atoms with Gasteiger partial charge in [0.15, 0.2) is 29.1 Å². The van der Waals surface area contributed by atoms with Gasteiger partial charge in [0, 0.05) is 18.3 Å². The summed E-state index contributed by atoms with van der Waals surface area (Å²) in [6.07, 6.45) is 0.688. The summed E-state index contributed by atoms with van der Waals surface area (Å²) >= 11 is 0. The Hall–Kier alpha value is -4.00. The minimum atomic E-state index is -1.24. The van der Waals surface area contributed by atoms with E-state index < -0.39 is 28.5 Å². The maximum atomic E-state index is 12.3. The van der Waals surface area contributed by atoms with Crippen molar-refractivity contribution in [3.63, 3.8) is 0 Å². The molecule has 2 aromatic rings. The summed E-state index contributed by atoms with van der Waals surface area (Å²) < 4.78 is 27.1. The van der Waals surface area contributed by atoms with Gasteiger partial charge in [-0.2, -0.15) is 5.26 Å². The number of benzene rings is 2. The number of methoxy groups -OCH3 is 4. The van der Waals surface area contributed by atoms with E-state index in [2.05, 4.69) is 6.07 Å². The summed E-state index contributed by atoms with van der Waals surface area (Å²) in [6, 6.07) is 11.7. The molecular weight excluding hydrogens is 516 g/mol. The Balaban J connectivity index is 2.52. The standard InChI is InChI=1S/C30H40N2O8/c1-8-22(9-2)30(19-31,23-11-13-27(37-5)29(18-23)39-7)15-14-25(40-20(3)33)24(32(34)35)16-21-10-12-26(36-4)28(17-21)38-6/h10-13,17-18,22,24-25H,8-9,14-16H2,1-7H3. The maximum Gasteiger partial charge on any atom is 0.303 e. The lowest BCUT2D eigenvalue weighted by atomic mass is 9.66. The predicted molar refractivity (Wildman–Crippen MR) is 150 cm³/mol. The molecule has 0 aliphatic rings. The van der Waals surface area contributed by atoms with Gasteiger partial charge in [0.25, 0.3) is 6.04 Å². The topological polar surface area (TPSA) is 130 Å². The fourth-order valence-corrected chi connectivity index (χ4v) is 5.40. The van der Waals surface area contributed by atoms with Crippen molar-refractivity contribution >= 4 is 5.97 Å². The van der Waals surface area contributed by atoms with Crippen molar-refractivity contribution in [1.82, 2.24) is 0 Å². The zero-order chi connectivity index (χ0) is 29.9. The second kappa shape index (κ2) is 15.0. The van der Waals surface area contributed by atoms with E-state index in [1.807, 2.05) is 19.9 Å². The summed E-state index contributed by atoms with van der Waals surface area (Å²) in [7, 11) is 6.06. The van der Waals surface area contributed by atoms with Gasteiger partial charge < -0.3 is 23.7 Å². The van der Waals surface area contributed by atoms with Crippen molar-refractivity contribution in [3.8, 4) is 29.1 Å². The van der Waals surface area contributed by atoms with Crippen molar-refractivity contribution in [2.75, 3.05) is 28.4 Å². The Morgan fingerprint density at radius 3 is 1.98 bits per heavy atom. The molecule has 0 spiro atoms. The highest BCUT2D eigenvalue weighted by Crippen LogP contribution is 2.44. The summed E-state index contributed by atoms with van der Waals surface area (Å²) in [5.74, 6) is 1.27. The number of ether oxygens (including phenoxy) is 5. The summed E-state index contributed by atoms with van der Waals surface area (Å²) in [5.41, 5.74) is 0.342. The van der Waals surface area contributed by atoms with E-state index in [9.17, 15) is 20.2 Å². The van der Waals surface area contributed by atoms with E-state index >= 15 is 0 Å². The Kier molecular flexibility index (Phi) is 12.1. The van der Waals surface area contributed by atoms with Crippen LogP contribution in [-0.4, -0.2) is 51.5 Å². The normalized spacial score (nSPS) is 13.9. The van der Waals surface area contributed by atoms with E-state index in [-0.39, 0.29) is 25.2 Å². The van der Waals surface area contributed by atoms with Crippen LogP contribution in [0.5, 0.6) is 23.0 Å². The number of nitro groups is 1. The van der Waals surface area contributed by atoms with Crippen molar-refractivity contribution in [3.05, 3.63) is 57.6 Å². The highest BCUT2D eigenvalue weighted by atomic mass is 16.6. The predicted octanol–water partition coefficient (Wildman–Crippen LogP) is 5.52. The van der Waals surface area contributed by atoms with Gasteiger partial charge >= 0.3 is 5.97 Å². The average Bonchev–Trinajstić information content (AvgIpc) is 2.96. The van der Waals surface area contributed by atoms with Gasteiger partial charge in [0.05, 0.1) is 39.9 Å². The van der Waals surface area contributed by atoms with E-state index in [1.54, 1.807) is 30.3 Å². The van der Waals surface area contributed by atoms with Gasteiger partial charge in [-0.05, 0) is 54.2 Å². The van der Waals surface area contributed by atoms with Crippen LogP contribution in [0, 0.1) is 27.4 Å². The molecule has 0 aromatic heterocycles. The molecular formula is C30H40N2O8. The first-order valence-corrected chi connectivity index (χ1v) is 13.3. The molecule has 0 radical (unpaired) electrons. The zero-order valence-corrected chi connectivity index (χ0v) is 24.4. The van der Waals surface area contributed by atoms with Gasteiger partial charge in [-0.25, -0.2) is 0 Å². The minimum absolute atomic E-state index is 0.00774. The molecule has 3 unspecified atom stereocenters. The van der Waals surface area contributed by atoms with E-state index in [0.717, 1.165) is 5.56 Å². The molecule has 3 atom stereocenters. The summed E-state index contributed by atoms with van der Waals surface area (Å²) in [4.78, 5) is 24.0. The van der Waals surface area contributed by atoms with Crippen LogP contribution in [0.4, 0.5) is 0 Å². The van der Waals surface area contributed by atoms with Crippen LogP contribution in [0.1, 0.15) is 57.6 Å². The molecule has 0 saturated heterocycles. The molecule has 10 heteroatoms. The second-order valence-electron chi connectivity index (χ2n) is 9.60. The third-order valence-electron chi connectivity index (χ3n) is 7.51. The monoisotopic (exact) mass is 556 g/mol. The molecule has 2 rings (SSSR count). The molecule has 10 nitrogen and oxygen atoms in total. The Bertz CT molecular complexity index is 1190. The second-order valence-corrected chi connectivity index (χ2v) is 9.60. The van der Waals surface area contributed by atoms with Crippen LogP contribution in [0.25, 0.3) is 0 Å². The largest absolute Gasteiger partial charge is 0.493 e. The van der Waals surface area contributed by atoms with Crippen molar-refractivity contribution < 1.29 is 33.4 Å². The van der Waals surface area contributed by atoms with Crippen LogP contribution in [0.15, 0.2) is 36.4 Å². The molecule has 0 N–H and O–H groups in total. The number of hydrogen-bond donors (Lipinski definition) is 0. The maximum absolute atomic E-state index is 12.3. The molecule has 40 heavy (non-hydrogen) atoms. The first kappa shape index (κ1) is 32.2. The fourth-order valence-electron chi connectivity index (χ4n) is 5.40. The minimum Gasteiger partial charge on any atom is -0.493 e. The molecule has 2 aromatic carbocycles. The molecule has 0 amide bonds. The number of carbonyl (C=O) groups is 1. The van der Waals surface area contributed by atoms with Crippen molar-refractivity contribution in [2.24, 2.45) is 5.92 Å². The molecule has 218 valence electrons. The summed E-state index contributed by atoms with van der Waals surface area (Å²) in [6.45, 7) is 5.26. The lowest BCUT2D eigenvalue weighted by Gasteiger charge is -2.36.